The molecule has 0 aliphatic carbocycles. The van der Waals surface area contributed by atoms with Crippen molar-refractivity contribution in [2.45, 2.75) is 26.2 Å². The minimum atomic E-state index is 0.783. The summed E-state index contributed by atoms with van der Waals surface area (Å²) in [6.45, 7) is 2.10. The third kappa shape index (κ3) is 2.87. The summed E-state index contributed by atoms with van der Waals surface area (Å²) in [6, 6.07) is 10.9. The highest BCUT2D eigenvalue weighted by Crippen LogP contribution is 2.02. The number of nitrogens with one attached hydrogen (secondary N) is 1. The van der Waals surface area contributed by atoms with E-state index in [9.17, 15) is 0 Å². The number of hydrogen-bond acceptors (Lipinski definition) is 1. The van der Waals surface area contributed by atoms with E-state index >= 15 is 0 Å². The van der Waals surface area contributed by atoms with Gasteiger partial charge in [-0.25, -0.2) is 0 Å². The van der Waals surface area contributed by atoms with Gasteiger partial charge in [0.25, 0.3) is 0 Å². The van der Waals surface area contributed by atoms with E-state index in [1.54, 1.807) is 0 Å². The van der Waals surface area contributed by atoms with Crippen LogP contribution in [0.1, 0.15) is 25.3 Å². The molecule has 63 valence electrons. The third-order valence-electron chi connectivity index (χ3n) is 1.74. The van der Waals surface area contributed by atoms with Crippen molar-refractivity contribution in [2.24, 2.45) is 0 Å². The van der Waals surface area contributed by atoms with Crippen LogP contribution >= 0.6 is 0 Å². The van der Waals surface area contributed by atoms with Gasteiger partial charge in [-0.15, -0.1) is 0 Å². The fourth-order valence-electron chi connectivity index (χ4n) is 1.18. The van der Waals surface area contributed by atoms with Gasteiger partial charge in [-0.2, -0.15) is 0 Å². The molecule has 0 atom stereocenters. The van der Waals surface area contributed by atoms with Crippen LogP contribution < -0.4 is 0 Å². The fourth-order valence-corrected chi connectivity index (χ4v) is 1.18. The Bertz CT molecular complexity index is 238. The van der Waals surface area contributed by atoms with Gasteiger partial charge in [-0.05, 0) is 18.1 Å². The van der Waals surface area contributed by atoms with Crippen molar-refractivity contribution in [3.63, 3.8) is 0 Å². The summed E-state index contributed by atoms with van der Waals surface area (Å²) in [5, 5.41) is 7.61. The zero-order valence-electron chi connectivity index (χ0n) is 7.43. The van der Waals surface area contributed by atoms with E-state index in [1.165, 1.54) is 5.56 Å². The van der Waals surface area contributed by atoms with E-state index in [-0.39, 0.29) is 0 Å². The van der Waals surface area contributed by atoms with Gasteiger partial charge in [0.05, 0.1) is 0 Å². The first-order chi connectivity index (χ1) is 5.83. The van der Waals surface area contributed by atoms with Crippen molar-refractivity contribution in [3.05, 3.63) is 35.9 Å². The second-order valence-electron chi connectivity index (χ2n) is 2.94. The summed E-state index contributed by atoms with van der Waals surface area (Å²) in [6.07, 6.45) is 2.76. The van der Waals surface area contributed by atoms with E-state index < -0.39 is 0 Å². The van der Waals surface area contributed by atoms with Crippen LogP contribution in [0.3, 0.4) is 0 Å². The molecule has 1 rings (SSSR count). The molecule has 0 aromatic heterocycles. The Labute approximate surface area is 73.9 Å². The Balaban J connectivity index is 2.47. The molecule has 1 nitrogen and oxygen atoms in total. The lowest BCUT2D eigenvalue weighted by Gasteiger charge is -2.00. The maximum Gasteiger partial charge on any atom is 0.0133 e. The van der Waals surface area contributed by atoms with Crippen LogP contribution in [0.5, 0.6) is 0 Å². The molecule has 1 heteroatoms. The largest absolute Gasteiger partial charge is 0.309 e. The lowest BCUT2D eigenvalue weighted by Crippen LogP contribution is -2.00. The molecule has 1 N–H and O–H groups in total. The minimum Gasteiger partial charge on any atom is -0.309 e. The van der Waals surface area contributed by atoms with Crippen LogP contribution in [-0.4, -0.2) is 5.71 Å². The molecule has 0 aliphatic rings. The summed E-state index contributed by atoms with van der Waals surface area (Å²) >= 11 is 0. The van der Waals surface area contributed by atoms with Crippen molar-refractivity contribution >= 4 is 5.71 Å². The predicted molar refractivity (Wildman–Crippen MR) is 51.6 cm³/mol. The predicted octanol–water partition coefficient (Wildman–Crippen LogP) is 2.85. The Morgan fingerprint density at radius 3 is 3.00 bits per heavy atom. The van der Waals surface area contributed by atoms with Crippen molar-refractivity contribution in [1.82, 2.24) is 0 Å². The minimum absolute atomic E-state index is 0.783. The molecule has 0 aliphatic heterocycles. The lowest BCUT2D eigenvalue weighted by atomic mass is 10.1. The van der Waals surface area contributed by atoms with Crippen LogP contribution in [0.4, 0.5) is 0 Å². The summed E-state index contributed by atoms with van der Waals surface area (Å²) < 4.78 is 0. The lowest BCUT2D eigenvalue weighted by molar-refractivity contribution is 0.965. The highest BCUT2D eigenvalue weighted by molar-refractivity contribution is 5.83. The third-order valence-corrected chi connectivity index (χ3v) is 1.74. The Hall–Kier alpha value is -1.11. The smallest absolute Gasteiger partial charge is 0.0133 e. The molecule has 12 heavy (non-hydrogen) atoms. The summed E-state index contributed by atoms with van der Waals surface area (Å²) in [7, 11) is 0. The highest BCUT2D eigenvalue weighted by atomic mass is 14.4. The first-order valence-corrected chi connectivity index (χ1v) is 4.34. The molecule has 0 saturated carbocycles. The molecule has 1 radical (unpaired) electrons. The summed E-state index contributed by atoms with van der Waals surface area (Å²) in [4.78, 5) is 0. The van der Waals surface area contributed by atoms with Gasteiger partial charge >= 0.3 is 0 Å². The van der Waals surface area contributed by atoms with Gasteiger partial charge in [0.2, 0.25) is 0 Å². The SMILES string of the molecule is CCCC(=N)Cc1c[c]ccc1. The van der Waals surface area contributed by atoms with E-state index in [2.05, 4.69) is 13.0 Å². The van der Waals surface area contributed by atoms with E-state index in [0.717, 1.165) is 25.0 Å². The number of benzene rings is 1. The van der Waals surface area contributed by atoms with Gasteiger partial charge in [0.1, 0.15) is 0 Å². The molecule has 0 heterocycles. The van der Waals surface area contributed by atoms with Crippen LogP contribution in [0.2, 0.25) is 0 Å². The second kappa shape index (κ2) is 4.70. The molecule has 0 amide bonds. The molecule has 1 aromatic carbocycles. The van der Waals surface area contributed by atoms with Gasteiger partial charge in [-0.3, -0.25) is 0 Å². The van der Waals surface area contributed by atoms with Gasteiger partial charge in [0, 0.05) is 12.1 Å². The Kier molecular flexibility index (Phi) is 3.52. The van der Waals surface area contributed by atoms with Crippen LogP contribution in [0.15, 0.2) is 24.3 Å². The number of rotatable bonds is 4. The Morgan fingerprint density at radius 2 is 2.42 bits per heavy atom. The van der Waals surface area contributed by atoms with Crippen LogP contribution in [0.25, 0.3) is 0 Å². The van der Waals surface area contributed by atoms with Crippen molar-refractivity contribution in [3.8, 4) is 0 Å². The normalized spacial score (nSPS) is 9.75. The van der Waals surface area contributed by atoms with Gasteiger partial charge < -0.3 is 5.41 Å². The summed E-state index contributed by atoms with van der Waals surface area (Å²) in [5.41, 5.74) is 2.01. The molecule has 0 bridgehead atoms. The average Bonchev–Trinajstić information content (AvgIpc) is 2.06. The highest BCUT2D eigenvalue weighted by Gasteiger charge is 1.96. The topological polar surface area (TPSA) is 23.9 Å². The van der Waals surface area contributed by atoms with Crippen molar-refractivity contribution in [2.75, 3.05) is 0 Å². The number of hydrogen-bond donors (Lipinski definition) is 1. The quantitative estimate of drug-likeness (QED) is 0.655. The van der Waals surface area contributed by atoms with Crippen molar-refractivity contribution in [1.29, 1.82) is 5.41 Å². The molecule has 1 aromatic rings. The molecule has 0 fully saturated rings. The van der Waals surface area contributed by atoms with E-state index in [1.807, 2.05) is 24.3 Å². The molecule has 0 unspecified atom stereocenters. The fraction of sp³-hybridized carbons (Fsp3) is 0.364. The van der Waals surface area contributed by atoms with Gasteiger partial charge in [-0.1, -0.05) is 37.6 Å². The standard InChI is InChI=1S/C11H14N/c1-2-6-11(12)9-10-7-4-3-5-8-10/h3-4,7-8,12H,2,6,9H2,1H3. The summed E-state index contributed by atoms with van der Waals surface area (Å²) in [5.74, 6) is 0. The Morgan fingerprint density at radius 1 is 1.58 bits per heavy atom. The van der Waals surface area contributed by atoms with E-state index in [0.29, 0.717) is 0 Å². The first-order valence-electron chi connectivity index (χ1n) is 4.34. The van der Waals surface area contributed by atoms with E-state index in [4.69, 9.17) is 5.41 Å². The maximum absolute atomic E-state index is 7.61. The maximum atomic E-state index is 7.61. The van der Waals surface area contributed by atoms with Gasteiger partial charge in [0.15, 0.2) is 0 Å². The molecular formula is C11H14N. The van der Waals surface area contributed by atoms with Crippen molar-refractivity contribution < 1.29 is 0 Å². The molecule has 0 spiro atoms. The average molecular weight is 160 g/mol. The first kappa shape index (κ1) is 8.98. The monoisotopic (exact) mass is 160 g/mol. The second-order valence-corrected chi connectivity index (χ2v) is 2.94. The zero-order chi connectivity index (χ0) is 8.81. The van der Waals surface area contributed by atoms with Crippen LogP contribution in [0, 0.1) is 11.5 Å². The zero-order valence-corrected chi connectivity index (χ0v) is 7.43. The van der Waals surface area contributed by atoms with Crippen LogP contribution in [-0.2, 0) is 6.42 Å². The molecule has 0 saturated heterocycles. The molecular weight excluding hydrogens is 146 g/mol.